The molecule has 1 atom stereocenters. The van der Waals surface area contributed by atoms with Gasteiger partial charge in [-0.25, -0.2) is 13.4 Å². The molecule has 1 heterocycles. The van der Waals surface area contributed by atoms with Gasteiger partial charge in [-0.3, -0.25) is 14.1 Å². The minimum Gasteiger partial charge on any atom is -0.744 e. The largest absolute Gasteiger partial charge is 1.00 e. The molecule has 1 unspecified atom stereocenters. The summed E-state index contributed by atoms with van der Waals surface area (Å²) in [5.74, 6) is -1.54. The number of aryl methyl sites for hydroxylation is 2. The van der Waals surface area contributed by atoms with Crippen LogP contribution in [0.4, 0.5) is 11.4 Å². The molecule has 1 amide bonds. The van der Waals surface area contributed by atoms with Gasteiger partial charge >= 0.3 is 29.6 Å². The maximum Gasteiger partial charge on any atom is 1.00 e. The molecule has 0 saturated heterocycles. The van der Waals surface area contributed by atoms with Gasteiger partial charge in [0.15, 0.2) is 5.78 Å². The maximum atomic E-state index is 12.9. The standard InChI is InChI=1S/C26H24N4O9S3.H3N.Na/c1-13-5-10-18-23(24(13)42(36,37)38)40-26(28-18)16-6-8-17(9-7-16)29-30-22(15(3)31)25(32)27-19-11-14(2)21(41(33,34)35)12-20(19)39-4;;/h5-12,22H,1-4H3,(H,27,32)(H,33,34,35)(H,36,37,38);1H3;/q;;+1/p-1. The number of anilines is 1. The first-order chi connectivity index (χ1) is 19.6. The Kier molecular flexibility index (Phi) is 12.1. The van der Waals surface area contributed by atoms with E-state index < -0.39 is 42.9 Å². The first kappa shape index (κ1) is 37.1. The number of fused-ring (bicyclic) bond motifs is 1. The van der Waals surface area contributed by atoms with Crippen LogP contribution in [0.1, 0.15) is 18.1 Å². The zero-order valence-electron chi connectivity index (χ0n) is 24.2. The normalized spacial score (nSPS) is 12.3. The zero-order chi connectivity index (χ0) is 31.0. The Morgan fingerprint density at radius 3 is 2.23 bits per heavy atom. The minimum atomic E-state index is -4.71. The number of hydrogen-bond donors (Lipinski definition) is 3. The number of carbonyl (C=O) groups excluding carboxylic acids is 2. The van der Waals surface area contributed by atoms with E-state index in [0.717, 1.165) is 24.3 Å². The van der Waals surface area contributed by atoms with E-state index in [1.165, 1.54) is 33.1 Å². The number of methoxy groups -OCH3 is 1. The number of Topliss-reactive ketones (excluding diaryl/α,β-unsaturated/α-hetero) is 1. The van der Waals surface area contributed by atoms with E-state index in [9.17, 15) is 35.5 Å². The smallest absolute Gasteiger partial charge is 0.744 e. The van der Waals surface area contributed by atoms with E-state index >= 15 is 0 Å². The Bertz CT molecular complexity index is 1980. The number of ether oxygens (including phenoxy) is 1. The summed E-state index contributed by atoms with van der Waals surface area (Å²) >= 11 is 1.06. The molecule has 4 rings (SSSR count). The Hall–Kier alpha value is -3.13. The van der Waals surface area contributed by atoms with Crippen molar-refractivity contribution in [1.82, 2.24) is 11.1 Å². The van der Waals surface area contributed by atoms with Crippen LogP contribution in [0.25, 0.3) is 20.8 Å². The number of azo groups is 1. The number of aromatic nitrogens is 1. The third-order valence-electron chi connectivity index (χ3n) is 6.03. The average Bonchev–Trinajstić information content (AvgIpc) is 3.31. The fourth-order valence-corrected chi connectivity index (χ4v) is 7.04. The molecule has 44 heavy (non-hydrogen) atoms. The number of benzene rings is 3. The number of thiazole rings is 1. The van der Waals surface area contributed by atoms with Gasteiger partial charge in [-0.2, -0.15) is 18.6 Å². The van der Waals surface area contributed by atoms with Gasteiger partial charge in [-0.1, -0.05) is 6.07 Å². The Morgan fingerprint density at radius 1 is 1.05 bits per heavy atom. The van der Waals surface area contributed by atoms with Crippen LogP contribution in [-0.4, -0.2) is 55.8 Å². The van der Waals surface area contributed by atoms with E-state index in [-0.39, 0.29) is 62.3 Å². The summed E-state index contributed by atoms with van der Waals surface area (Å²) in [4.78, 5) is 28.9. The fourth-order valence-electron chi connectivity index (χ4n) is 4.03. The number of carbonyl (C=O) groups is 2. The Morgan fingerprint density at radius 2 is 1.68 bits per heavy atom. The summed E-state index contributed by atoms with van der Waals surface area (Å²) in [6.45, 7) is 4.10. The number of nitrogens with zero attached hydrogens (tertiary/aromatic N) is 3. The van der Waals surface area contributed by atoms with Crippen molar-refractivity contribution in [2.45, 2.75) is 36.6 Å². The number of hydrogen-bond acceptors (Lipinski definition) is 13. The van der Waals surface area contributed by atoms with E-state index in [1.807, 2.05) is 0 Å². The van der Waals surface area contributed by atoms with E-state index in [1.54, 1.807) is 30.3 Å². The summed E-state index contributed by atoms with van der Waals surface area (Å²) in [6, 6.07) is 10.3. The molecule has 0 spiro atoms. The van der Waals surface area contributed by atoms with E-state index in [0.29, 0.717) is 27.3 Å². The zero-order valence-corrected chi connectivity index (χ0v) is 28.6. The molecule has 18 heteroatoms. The van der Waals surface area contributed by atoms with Crippen molar-refractivity contribution in [3.8, 4) is 16.3 Å². The van der Waals surface area contributed by atoms with Crippen LogP contribution in [0.2, 0.25) is 0 Å². The quantitative estimate of drug-likeness (QED) is 0.0999. The van der Waals surface area contributed by atoms with Gasteiger partial charge in [0.25, 0.3) is 16.0 Å². The van der Waals surface area contributed by atoms with Crippen LogP contribution in [-0.2, 0) is 29.8 Å². The molecule has 0 radical (unpaired) electrons. The second kappa shape index (κ2) is 14.3. The molecule has 0 fully saturated rings. The topological polar surface area (TPSA) is 240 Å². The third kappa shape index (κ3) is 8.12. The van der Waals surface area contributed by atoms with Crippen molar-refractivity contribution in [2.24, 2.45) is 10.2 Å². The van der Waals surface area contributed by atoms with Gasteiger partial charge in [0.05, 0.1) is 33.6 Å². The minimum absolute atomic E-state index is 0. The van der Waals surface area contributed by atoms with Gasteiger partial charge in [0.1, 0.15) is 25.8 Å². The molecule has 0 aliphatic heterocycles. The molecule has 14 nitrogen and oxygen atoms in total. The monoisotopic (exact) mass is 671 g/mol. The van der Waals surface area contributed by atoms with Crippen molar-refractivity contribution in [3.05, 3.63) is 59.7 Å². The Labute approximate surface area is 279 Å². The van der Waals surface area contributed by atoms with Gasteiger partial charge in [-0.15, -0.1) is 11.3 Å². The maximum absolute atomic E-state index is 12.9. The average molecular weight is 672 g/mol. The molecule has 0 bridgehead atoms. The van der Waals surface area contributed by atoms with Crippen LogP contribution < -0.4 is 45.8 Å². The fraction of sp³-hybridized carbons (Fsp3) is 0.192. The van der Waals surface area contributed by atoms with Crippen LogP contribution in [0.3, 0.4) is 0 Å². The molecule has 0 aliphatic carbocycles. The van der Waals surface area contributed by atoms with Crippen LogP contribution >= 0.6 is 11.3 Å². The molecular weight excluding hydrogens is 646 g/mol. The van der Waals surface area contributed by atoms with Crippen LogP contribution in [0.5, 0.6) is 5.75 Å². The summed E-state index contributed by atoms with van der Waals surface area (Å²) in [7, 11) is -8.01. The predicted octanol–water partition coefficient (Wildman–Crippen LogP) is 1.59. The van der Waals surface area contributed by atoms with Gasteiger partial charge in [0.2, 0.25) is 6.04 Å². The molecule has 4 aromatic rings. The van der Waals surface area contributed by atoms with Crippen LogP contribution in [0.15, 0.2) is 68.6 Å². The molecule has 228 valence electrons. The molecule has 0 saturated carbocycles. The molecule has 1 aromatic heterocycles. The Balaban J connectivity index is 0.00000337. The van der Waals surface area contributed by atoms with Crippen molar-refractivity contribution in [3.63, 3.8) is 0 Å². The van der Waals surface area contributed by atoms with Gasteiger partial charge in [0, 0.05) is 11.6 Å². The number of rotatable bonds is 9. The summed E-state index contributed by atoms with van der Waals surface area (Å²) in [5, 5.41) is 10.8. The van der Waals surface area contributed by atoms with E-state index in [2.05, 4.69) is 20.5 Å². The summed E-state index contributed by atoms with van der Waals surface area (Å²) < 4.78 is 73.3. The van der Waals surface area contributed by atoms with Crippen molar-refractivity contribution in [2.75, 3.05) is 12.4 Å². The number of amides is 1. The van der Waals surface area contributed by atoms with Gasteiger partial charge in [-0.05, 0) is 68.3 Å². The molecule has 0 aliphatic rings. The molecule has 3 aromatic carbocycles. The first-order valence-electron chi connectivity index (χ1n) is 11.9. The second-order valence-corrected chi connectivity index (χ2v) is 12.8. The van der Waals surface area contributed by atoms with Crippen molar-refractivity contribution < 1.29 is 69.8 Å². The van der Waals surface area contributed by atoms with Crippen molar-refractivity contribution >= 4 is 64.9 Å². The van der Waals surface area contributed by atoms with Gasteiger partial charge < -0.3 is 20.8 Å². The molecule has 5 N–H and O–H groups in total. The summed E-state index contributed by atoms with van der Waals surface area (Å²) in [5.41, 5.74) is 1.79. The molecular formula is C26H26N5NaO9S3. The van der Waals surface area contributed by atoms with Crippen LogP contribution in [0, 0.1) is 13.8 Å². The predicted molar refractivity (Wildman–Crippen MR) is 158 cm³/mol. The third-order valence-corrected chi connectivity index (χ3v) is 9.32. The number of nitrogens with one attached hydrogen (secondary N) is 1. The first-order valence-corrected chi connectivity index (χ1v) is 15.6. The second-order valence-electron chi connectivity index (χ2n) is 9.09. The van der Waals surface area contributed by atoms with Crippen molar-refractivity contribution in [1.29, 1.82) is 0 Å². The van der Waals surface area contributed by atoms with E-state index in [4.69, 9.17) is 4.74 Å². The number of ketones is 1. The SMILES string of the molecule is COc1cc(S(=O)(=O)O)c(C)cc1NC(=O)C(N=Nc1ccc(-c2nc3ccc(C)c(S(=O)(=O)[O-])c3s2)cc1)C(C)=O.N.[Na+]. The summed E-state index contributed by atoms with van der Waals surface area (Å²) in [6.07, 6.45) is 0.